The second-order valence-electron chi connectivity index (χ2n) is 15.3. The molecule has 1 aliphatic heterocycles. The SMILES string of the molecule is N#Cc1cccc2c1SC1=C(C=CCC1C1=CC(c3cccc(-c4nc(-c5ccccc5)nc(-c5ccccc5)n4)c3)CC=C1)C21c2ccccc2-c2ccccc21. The van der Waals surface area contributed by atoms with Gasteiger partial charge in [-0.05, 0) is 69.5 Å². The maximum absolute atomic E-state index is 10.5. The molecule has 4 aliphatic rings. The minimum atomic E-state index is -0.514. The molecule has 274 valence electrons. The van der Waals surface area contributed by atoms with Crippen molar-refractivity contribution in [2.45, 2.75) is 29.1 Å². The minimum absolute atomic E-state index is 0.148. The van der Waals surface area contributed by atoms with Gasteiger partial charge in [0.2, 0.25) is 0 Å². The van der Waals surface area contributed by atoms with Crippen LogP contribution in [0, 0.1) is 17.2 Å². The molecule has 1 spiro atoms. The van der Waals surface area contributed by atoms with Crippen molar-refractivity contribution >= 4 is 11.8 Å². The number of hydrogen-bond acceptors (Lipinski definition) is 5. The lowest BCUT2D eigenvalue weighted by molar-refractivity contribution is 0.672. The second kappa shape index (κ2) is 14.0. The van der Waals surface area contributed by atoms with Crippen LogP contribution in [0.5, 0.6) is 0 Å². The van der Waals surface area contributed by atoms with Crippen LogP contribution >= 0.6 is 11.8 Å². The highest BCUT2D eigenvalue weighted by molar-refractivity contribution is 8.03. The van der Waals surface area contributed by atoms with E-state index >= 15 is 0 Å². The van der Waals surface area contributed by atoms with Gasteiger partial charge in [0, 0.05) is 38.3 Å². The largest absolute Gasteiger partial charge is 0.208 e. The van der Waals surface area contributed by atoms with E-state index < -0.39 is 5.41 Å². The molecular formula is C53H36N4S. The zero-order valence-electron chi connectivity index (χ0n) is 31.6. The molecule has 11 rings (SSSR count). The highest BCUT2D eigenvalue weighted by Crippen LogP contribution is 2.64. The average molecular weight is 761 g/mol. The Morgan fingerprint density at radius 1 is 0.569 bits per heavy atom. The van der Waals surface area contributed by atoms with Gasteiger partial charge in [0.1, 0.15) is 6.07 Å². The number of thioether (sulfide) groups is 1. The number of nitriles is 1. The van der Waals surface area contributed by atoms with E-state index in [1.54, 1.807) is 0 Å². The molecule has 2 atom stereocenters. The molecule has 0 amide bonds. The topological polar surface area (TPSA) is 62.5 Å². The Labute approximate surface area is 342 Å². The van der Waals surface area contributed by atoms with Crippen LogP contribution in [0.25, 0.3) is 45.3 Å². The third-order valence-electron chi connectivity index (χ3n) is 12.1. The zero-order valence-corrected chi connectivity index (χ0v) is 32.4. The molecule has 0 radical (unpaired) electrons. The summed E-state index contributed by atoms with van der Waals surface area (Å²) in [5, 5.41) is 10.5. The first kappa shape index (κ1) is 34.4. The van der Waals surface area contributed by atoms with Crippen LogP contribution in [0.1, 0.15) is 46.6 Å². The summed E-state index contributed by atoms with van der Waals surface area (Å²) in [6, 6.07) is 55.6. The average Bonchev–Trinajstić information content (AvgIpc) is 3.60. The normalized spacial score (nSPS) is 18.2. The molecule has 0 saturated carbocycles. The van der Waals surface area contributed by atoms with Crippen LogP contribution in [0.15, 0.2) is 203 Å². The highest BCUT2D eigenvalue weighted by atomic mass is 32.2. The lowest BCUT2D eigenvalue weighted by Crippen LogP contribution is -2.35. The molecule has 58 heavy (non-hydrogen) atoms. The fourth-order valence-corrected chi connectivity index (χ4v) is 11.0. The highest BCUT2D eigenvalue weighted by Gasteiger charge is 2.52. The van der Waals surface area contributed by atoms with Crippen LogP contribution in [0.4, 0.5) is 0 Å². The number of nitrogens with zero attached hydrogens (tertiary/aromatic N) is 4. The Kier molecular flexibility index (Phi) is 8.27. The lowest BCUT2D eigenvalue weighted by atomic mass is 9.64. The fourth-order valence-electron chi connectivity index (χ4n) is 9.54. The van der Waals surface area contributed by atoms with Gasteiger partial charge in [-0.2, -0.15) is 5.26 Å². The van der Waals surface area contributed by atoms with Crippen molar-refractivity contribution in [1.29, 1.82) is 5.26 Å². The molecule has 1 aromatic heterocycles. The third kappa shape index (κ3) is 5.40. The van der Waals surface area contributed by atoms with Crippen LogP contribution in [0.3, 0.4) is 0 Å². The third-order valence-corrected chi connectivity index (χ3v) is 13.5. The molecule has 7 aromatic rings. The summed E-state index contributed by atoms with van der Waals surface area (Å²) < 4.78 is 0. The van der Waals surface area contributed by atoms with Crippen molar-refractivity contribution < 1.29 is 0 Å². The molecule has 2 unspecified atom stereocenters. The summed E-state index contributed by atoms with van der Waals surface area (Å²) >= 11 is 1.81. The van der Waals surface area contributed by atoms with Gasteiger partial charge in [0.05, 0.1) is 11.0 Å². The number of allylic oxidation sites excluding steroid dienone is 8. The number of fused-ring (bicyclic) bond motifs is 8. The van der Waals surface area contributed by atoms with Gasteiger partial charge in [0.15, 0.2) is 17.5 Å². The van der Waals surface area contributed by atoms with Gasteiger partial charge >= 0.3 is 0 Å². The van der Waals surface area contributed by atoms with E-state index in [9.17, 15) is 5.26 Å². The van der Waals surface area contributed by atoms with E-state index in [0.717, 1.165) is 40.0 Å². The van der Waals surface area contributed by atoms with Crippen LogP contribution < -0.4 is 0 Å². The van der Waals surface area contributed by atoms with Gasteiger partial charge in [-0.15, -0.1) is 0 Å². The van der Waals surface area contributed by atoms with Gasteiger partial charge in [-0.3, -0.25) is 0 Å². The van der Waals surface area contributed by atoms with Crippen molar-refractivity contribution in [1.82, 2.24) is 15.0 Å². The lowest BCUT2D eigenvalue weighted by Gasteiger charge is -2.44. The Balaban J connectivity index is 1.02. The van der Waals surface area contributed by atoms with E-state index in [1.165, 1.54) is 49.4 Å². The number of aromatic nitrogens is 3. The van der Waals surface area contributed by atoms with Gasteiger partial charge in [-0.25, -0.2) is 15.0 Å². The summed E-state index contributed by atoms with van der Waals surface area (Å²) in [5.74, 6) is 2.29. The molecule has 0 saturated heterocycles. The van der Waals surface area contributed by atoms with Crippen LogP contribution in [-0.4, -0.2) is 15.0 Å². The summed E-state index contributed by atoms with van der Waals surface area (Å²) in [7, 11) is 0. The summed E-state index contributed by atoms with van der Waals surface area (Å²) in [5.41, 5.74) is 13.3. The molecule has 0 bridgehead atoms. The maximum atomic E-state index is 10.5. The molecule has 0 N–H and O–H groups in total. The summed E-state index contributed by atoms with van der Waals surface area (Å²) in [4.78, 5) is 17.4. The van der Waals surface area contributed by atoms with E-state index in [1.807, 2.05) is 78.5 Å². The van der Waals surface area contributed by atoms with Crippen molar-refractivity contribution in [3.05, 3.63) is 226 Å². The van der Waals surface area contributed by atoms with Crippen LogP contribution in [0.2, 0.25) is 0 Å². The molecular weight excluding hydrogens is 725 g/mol. The first-order valence-electron chi connectivity index (χ1n) is 19.9. The van der Waals surface area contributed by atoms with E-state index in [2.05, 4.69) is 121 Å². The molecule has 6 aromatic carbocycles. The van der Waals surface area contributed by atoms with E-state index in [-0.39, 0.29) is 11.8 Å². The Bertz CT molecular complexity index is 2850. The molecule has 0 fully saturated rings. The quantitative estimate of drug-likeness (QED) is 0.175. The Morgan fingerprint density at radius 3 is 1.81 bits per heavy atom. The second-order valence-corrected chi connectivity index (χ2v) is 16.3. The first-order chi connectivity index (χ1) is 28.7. The number of hydrogen-bond donors (Lipinski definition) is 0. The van der Waals surface area contributed by atoms with E-state index in [0.29, 0.717) is 17.5 Å². The predicted molar refractivity (Wildman–Crippen MR) is 234 cm³/mol. The molecule has 5 heteroatoms. The molecule has 2 heterocycles. The van der Waals surface area contributed by atoms with Crippen molar-refractivity contribution in [2.75, 3.05) is 0 Å². The molecule has 4 nitrogen and oxygen atoms in total. The number of benzene rings is 6. The maximum Gasteiger partial charge on any atom is 0.164 e. The minimum Gasteiger partial charge on any atom is -0.208 e. The standard InChI is InChI=1S/C53H36N4S/c54-33-40-23-13-29-46-48(40)58-49-41(26-14-30-47(49)53(46)44-27-9-7-24-42(44)43-25-8-10-28-45(43)53)38-21-11-19-36(31-38)37-20-12-22-39(32-37)52-56-50(34-15-3-1-4-16-34)55-51(57-52)35-17-5-2-6-18-35/h1-18,20-25,27-32,36,41H,19,26H2. The van der Waals surface area contributed by atoms with Crippen molar-refractivity contribution in [3.8, 4) is 51.4 Å². The van der Waals surface area contributed by atoms with Crippen LogP contribution in [-0.2, 0) is 5.41 Å². The monoisotopic (exact) mass is 760 g/mol. The van der Waals surface area contributed by atoms with Crippen molar-refractivity contribution in [2.24, 2.45) is 5.92 Å². The van der Waals surface area contributed by atoms with Gasteiger partial charge in [-0.1, -0.05) is 182 Å². The first-order valence-corrected chi connectivity index (χ1v) is 20.7. The smallest absolute Gasteiger partial charge is 0.164 e. The van der Waals surface area contributed by atoms with E-state index in [4.69, 9.17) is 15.0 Å². The Hall–Kier alpha value is -6.87. The Morgan fingerprint density at radius 2 is 1.14 bits per heavy atom. The molecule has 3 aliphatic carbocycles. The number of rotatable bonds is 5. The fraction of sp³-hybridized carbons (Fsp3) is 0.0943. The van der Waals surface area contributed by atoms with Gasteiger partial charge < -0.3 is 0 Å². The predicted octanol–water partition coefficient (Wildman–Crippen LogP) is 12.7. The van der Waals surface area contributed by atoms with Gasteiger partial charge in [0.25, 0.3) is 0 Å². The zero-order chi connectivity index (χ0) is 38.6. The summed E-state index contributed by atoms with van der Waals surface area (Å²) in [6.07, 6.45) is 13.7. The summed E-state index contributed by atoms with van der Waals surface area (Å²) in [6.45, 7) is 0. The van der Waals surface area contributed by atoms with Crippen molar-refractivity contribution in [3.63, 3.8) is 0 Å².